The Kier molecular flexibility index (Phi) is 5.31. The van der Waals surface area contributed by atoms with E-state index in [1.54, 1.807) is 12.1 Å². The molecule has 2 rings (SSSR count). The van der Waals surface area contributed by atoms with Gasteiger partial charge in [0, 0.05) is 18.7 Å². The minimum atomic E-state index is -2.80. The molecule has 0 saturated heterocycles. The number of hydrogen-bond acceptors (Lipinski definition) is 3. The summed E-state index contributed by atoms with van der Waals surface area (Å²) in [5, 5.41) is 12.8. The van der Waals surface area contributed by atoms with Crippen molar-refractivity contribution in [2.45, 2.75) is 44.9 Å². The molecule has 1 aromatic carbocycles. The first-order valence-corrected chi connectivity index (χ1v) is 7.02. The van der Waals surface area contributed by atoms with E-state index in [0.29, 0.717) is 0 Å². The van der Waals surface area contributed by atoms with Crippen LogP contribution in [0, 0.1) is 5.92 Å². The van der Waals surface area contributed by atoms with Crippen molar-refractivity contribution in [1.29, 1.82) is 0 Å². The summed E-state index contributed by atoms with van der Waals surface area (Å²) in [6.45, 7) is -0.616. The monoisotopic (exact) mass is 285 g/mol. The summed E-state index contributed by atoms with van der Waals surface area (Å²) in [4.78, 5) is 0. The molecular formula is C15H21F2NO2. The number of hydrogen-bond donors (Lipinski definition) is 2. The summed E-state index contributed by atoms with van der Waals surface area (Å²) in [5.74, 6) is 0.467. The van der Waals surface area contributed by atoms with Crippen molar-refractivity contribution in [1.82, 2.24) is 5.32 Å². The summed E-state index contributed by atoms with van der Waals surface area (Å²) in [6.07, 6.45) is 3.20. The Morgan fingerprint density at radius 2 is 2.20 bits per heavy atom. The van der Waals surface area contributed by atoms with Crippen LogP contribution >= 0.6 is 0 Å². The van der Waals surface area contributed by atoms with Crippen molar-refractivity contribution in [3.05, 3.63) is 29.8 Å². The molecule has 0 spiro atoms. The Hall–Kier alpha value is -1.20. The van der Waals surface area contributed by atoms with Crippen LogP contribution in [0.5, 0.6) is 5.75 Å². The van der Waals surface area contributed by atoms with Gasteiger partial charge in [-0.25, -0.2) is 0 Å². The van der Waals surface area contributed by atoms with Crippen LogP contribution in [0.2, 0.25) is 0 Å². The summed E-state index contributed by atoms with van der Waals surface area (Å²) in [5.41, 5.74) is 0.909. The van der Waals surface area contributed by atoms with Gasteiger partial charge in [0.2, 0.25) is 0 Å². The SMILES string of the molecule is CC(NC1CCCC1CO)c1cccc(OC(F)F)c1. The van der Waals surface area contributed by atoms with Crippen molar-refractivity contribution < 1.29 is 18.6 Å². The Balaban J connectivity index is 1.99. The molecule has 20 heavy (non-hydrogen) atoms. The Morgan fingerprint density at radius 3 is 2.90 bits per heavy atom. The molecule has 0 aromatic heterocycles. The molecule has 5 heteroatoms. The van der Waals surface area contributed by atoms with Crippen molar-refractivity contribution in [3.8, 4) is 5.75 Å². The maximum Gasteiger partial charge on any atom is 0.387 e. The molecule has 1 aromatic rings. The van der Waals surface area contributed by atoms with Gasteiger partial charge in [0.1, 0.15) is 5.75 Å². The average Bonchev–Trinajstić information content (AvgIpc) is 2.85. The van der Waals surface area contributed by atoms with Crippen LogP contribution in [0.4, 0.5) is 8.78 Å². The molecule has 1 aliphatic rings. The lowest BCUT2D eigenvalue weighted by Crippen LogP contribution is -2.35. The second kappa shape index (κ2) is 6.99. The fraction of sp³-hybridized carbons (Fsp3) is 0.600. The van der Waals surface area contributed by atoms with Crippen molar-refractivity contribution >= 4 is 0 Å². The molecule has 2 N–H and O–H groups in total. The van der Waals surface area contributed by atoms with E-state index in [0.717, 1.165) is 24.8 Å². The lowest BCUT2D eigenvalue weighted by molar-refractivity contribution is -0.0499. The standard InChI is InChI=1S/C15H21F2NO2/c1-10(18-14-7-3-5-12(14)9-19)11-4-2-6-13(8-11)20-15(16)17/h2,4,6,8,10,12,14-15,18-19H,3,5,7,9H2,1H3. The highest BCUT2D eigenvalue weighted by molar-refractivity contribution is 5.30. The van der Waals surface area contributed by atoms with Gasteiger partial charge in [-0.1, -0.05) is 18.6 Å². The first-order valence-electron chi connectivity index (χ1n) is 7.02. The second-order valence-electron chi connectivity index (χ2n) is 5.32. The number of rotatable bonds is 6. The molecule has 0 aliphatic heterocycles. The van der Waals surface area contributed by atoms with E-state index in [1.165, 1.54) is 6.07 Å². The number of aliphatic hydroxyl groups excluding tert-OH is 1. The molecular weight excluding hydrogens is 264 g/mol. The van der Waals surface area contributed by atoms with E-state index < -0.39 is 6.61 Å². The molecule has 1 fully saturated rings. The number of ether oxygens (including phenoxy) is 1. The average molecular weight is 285 g/mol. The van der Waals surface area contributed by atoms with Gasteiger partial charge in [0.05, 0.1) is 0 Å². The van der Waals surface area contributed by atoms with Crippen molar-refractivity contribution in [2.24, 2.45) is 5.92 Å². The lowest BCUT2D eigenvalue weighted by atomic mass is 10.0. The topological polar surface area (TPSA) is 41.5 Å². The van der Waals surface area contributed by atoms with E-state index in [9.17, 15) is 13.9 Å². The van der Waals surface area contributed by atoms with E-state index in [2.05, 4.69) is 10.1 Å². The molecule has 0 radical (unpaired) electrons. The lowest BCUT2D eigenvalue weighted by Gasteiger charge is -2.24. The van der Waals surface area contributed by atoms with Gasteiger partial charge >= 0.3 is 6.61 Å². The third-order valence-electron chi connectivity index (χ3n) is 3.94. The maximum atomic E-state index is 12.2. The summed E-state index contributed by atoms with van der Waals surface area (Å²) < 4.78 is 28.8. The van der Waals surface area contributed by atoms with Crippen LogP contribution in [0.25, 0.3) is 0 Å². The quantitative estimate of drug-likeness (QED) is 0.844. The zero-order valence-corrected chi connectivity index (χ0v) is 11.6. The normalized spacial score (nSPS) is 24.1. The van der Waals surface area contributed by atoms with Crippen LogP contribution < -0.4 is 10.1 Å². The largest absolute Gasteiger partial charge is 0.435 e. The fourth-order valence-electron chi connectivity index (χ4n) is 2.85. The minimum Gasteiger partial charge on any atom is -0.435 e. The Morgan fingerprint density at radius 1 is 1.40 bits per heavy atom. The Bertz CT molecular complexity index is 428. The molecule has 0 heterocycles. The highest BCUT2D eigenvalue weighted by Gasteiger charge is 2.27. The van der Waals surface area contributed by atoms with Crippen LogP contribution in [0.1, 0.15) is 37.8 Å². The van der Waals surface area contributed by atoms with Crippen LogP contribution in [0.3, 0.4) is 0 Å². The number of halogens is 2. The minimum absolute atomic E-state index is 0.0355. The van der Waals surface area contributed by atoms with Crippen LogP contribution in [-0.2, 0) is 0 Å². The van der Waals surface area contributed by atoms with Crippen molar-refractivity contribution in [2.75, 3.05) is 6.61 Å². The molecule has 112 valence electrons. The predicted octanol–water partition coefficient (Wildman–Crippen LogP) is 3.10. The van der Waals surface area contributed by atoms with Gasteiger partial charge in [-0.3, -0.25) is 0 Å². The van der Waals surface area contributed by atoms with Crippen LogP contribution in [-0.4, -0.2) is 24.4 Å². The zero-order valence-electron chi connectivity index (χ0n) is 11.6. The molecule has 3 unspecified atom stereocenters. The number of benzene rings is 1. The number of nitrogens with one attached hydrogen (secondary N) is 1. The molecule has 3 nitrogen and oxygen atoms in total. The van der Waals surface area contributed by atoms with Gasteiger partial charge in [-0.15, -0.1) is 0 Å². The van der Waals surface area contributed by atoms with Crippen molar-refractivity contribution in [3.63, 3.8) is 0 Å². The van der Waals surface area contributed by atoms with E-state index in [4.69, 9.17) is 0 Å². The maximum absolute atomic E-state index is 12.2. The summed E-state index contributed by atoms with van der Waals surface area (Å²) >= 11 is 0. The van der Waals surface area contributed by atoms with E-state index in [-0.39, 0.29) is 30.4 Å². The third-order valence-corrected chi connectivity index (χ3v) is 3.94. The number of alkyl halides is 2. The summed E-state index contributed by atoms with van der Waals surface area (Å²) in [7, 11) is 0. The summed E-state index contributed by atoms with van der Waals surface area (Å²) in [6, 6.07) is 7.08. The molecule has 0 bridgehead atoms. The van der Waals surface area contributed by atoms with E-state index in [1.807, 2.05) is 13.0 Å². The molecule has 0 amide bonds. The zero-order chi connectivity index (χ0) is 14.5. The highest BCUT2D eigenvalue weighted by Crippen LogP contribution is 2.28. The smallest absolute Gasteiger partial charge is 0.387 e. The molecule has 1 aliphatic carbocycles. The van der Waals surface area contributed by atoms with Gasteiger partial charge in [-0.2, -0.15) is 8.78 Å². The predicted molar refractivity (Wildman–Crippen MR) is 72.8 cm³/mol. The highest BCUT2D eigenvalue weighted by atomic mass is 19.3. The number of aliphatic hydroxyl groups is 1. The molecule has 1 saturated carbocycles. The van der Waals surface area contributed by atoms with Gasteiger partial charge in [-0.05, 0) is 43.4 Å². The molecule has 3 atom stereocenters. The second-order valence-corrected chi connectivity index (χ2v) is 5.32. The first kappa shape index (κ1) is 15.2. The van der Waals surface area contributed by atoms with Gasteiger partial charge in [0.15, 0.2) is 0 Å². The van der Waals surface area contributed by atoms with E-state index >= 15 is 0 Å². The first-order chi connectivity index (χ1) is 9.60. The fourth-order valence-corrected chi connectivity index (χ4v) is 2.85. The third kappa shape index (κ3) is 3.90. The van der Waals surface area contributed by atoms with Gasteiger partial charge < -0.3 is 15.2 Å². The Labute approximate surface area is 117 Å². The van der Waals surface area contributed by atoms with Crippen LogP contribution in [0.15, 0.2) is 24.3 Å². The van der Waals surface area contributed by atoms with Gasteiger partial charge in [0.25, 0.3) is 0 Å².